The third-order valence-corrected chi connectivity index (χ3v) is 1.28. The average molecular weight is 167 g/mol. The van der Waals surface area contributed by atoms with Gasteiger partial charge in [0.25, 0.3) is 0 Å². The van der Waals surface area contributed by atoms with Gasteiger partial charge in [0.05, 0.1) is 12.6 Å². The molecule has 0 aromatic carbocycles. The van der Waals surface area contributed by atoms with E-state index >= 15 is 0 Å². The van der Waals surface area contributed by atoms with Crippen LogP contribution in [0.1, 0.15) is 16.9 Å². The van der Waals surface area contributed by atoms with E-state index in [-0.39, 0.29) is 12.1 Å². The highest BCUT2D eigenvalue weighted by atomic mass is 19.1. The number of Topliss-reactive ketones (excluding diaryl/α,β-unsaturated/α-hetero) is 1. The highest BCUT2D eigenvalue weighted by Gasteiger charge is 2.05. The maximum Gasteiger partial charge on any atom is 0.188 e. The number of aromatic nitrogens is 1. The number of hydrogen-bond donors (Lipinski definition) is 0. The van der Waals surface area contributed by atoms with Gasteiger partial charge in [-0.3, -0.25) is 9.78 Å². The van der Waals surface area contributed by atoms with Crippen LogP contribution in [0.5, 0.6) is 0 Å². The second kappa shape index (κ2) is 3.71. The minimum Gasteiger partial charge on any atom is -0.303 e. The van der Waals surface area contributed by atoms with Crippen molar-refractivity contribution in [1.29, 1.82) is 0 Å². The van der Waals surface area contributed by atoms with Crippen molar-refractivity contribution < 1.29 is 14.0 Å². The van der Waals surface area contributed by atoms with Gasteiger partial charge in [-0.25, -0.2) is 4.39 Å². The van der Waals surface area contributed by atoms with Crippen LogP contribution >= 0.6 is 0 Å². The maximum atomic E-state index is 12.3. The summed E-state index contributed by atoms with van der Waals surface area (Å²) < 4.78 is 12.3. The van der Waals surface area contributed by atoms with Crippen LogP contribution in [0.25, 0.3) is 0 Å². The lowest BCUT2D eigenvalue weighted by atomic mass is 10.2. The first-order valence-electron chi connectivity index (χ1n) is 3.32. The van der Waals surface area contributed by atoms with E-state index in [0.717, 1.165) is 12.3 Å². The molecule has 0 spiro atoms. The fourth-order valence-electron chi connectivity index (χ4n) is 0.721. The number of ketones is 1. The van der Waals surface area contributed by atoms with Crippen molar-refractivity contribution in [2.75, 3.05) is 0 Å². The second-order valence-electron chi connectivity index (χ2n) is 2.16. The molecule has 0 N–H and O–H groups in total. The molecule has 62 valence electrons. The van der Waals surface area contributed by atoms with Gasteiger partial charge in [-0.15, -0.1) is 0 Å². The SMILES string of the molecule is O=CCC(=O)c1ccc(F)cn1. The second-order valence-corrected chi connectivity index (χ2v) is 2.16. The van der Waals surface area contributed by atoms with Crippen molar-refractivity contribution in [1.82, 2.24) is 4.98 Å². The van der Waals surface area contributed by atoms with Crippen molar-refractivity contribution >= 4 is 12.1 Å². The monoisotopic (exact) mass is 167 g/mol. The number of pyridine rings is 1. The van der Waals surface area contributed by atoms with Crippen LogP contribution in [-0.4, -0.2) is 17.1 Å². The van der Waals surface area contributed by atoms with Crippen LogP contribution in [0, 0.1) is 5.82 Å². The molecule has 0 saturated heterocycles. The fourth-order valence-corrected chi connectivity index (χ4v) is 0.721. The van der Waals surface area contributed by atoms with E-state index in [4.69, 9.17) is 0 Å². The number of carbonyl (C=O) groups excluding carboxylic acids is 2. The van der Waals surface area contributed by atoms with Crippen LogP contribution < -0.4 is 0 Å². The standard InChI is InChI=1S/C8H6FNO2/c9-6-1-2-7(10-5-6)8(12)3-4-11/h1-2,4-5H,3H2. The van der Waals surface area contributed by atoms with Crippen LogP contribution in [0.15, 0.2) is 18.3 Å². The number of rotatable bonds is 3. The minimum atomic E-state index is -0.502. The van der Waals surface area contributed by atoms with Gasteiger partial charge in [0, 0.05) is 0 Å². The van der Waals surface area contributed by atoms with Gasteiger partial charge in [-0.1, -0.05) is 0 Å². The quantitative estimate of drug-likeness (QED) is 0.383. The molecule has 1 aromatic heterocycles. The molecular formula is C8H6FNO2. The van der Waals surface area contributed by atoms with E-state index in [1.807, 2.05) is 0 Å². The highest BCUT2D eigenvalue weighted by Crippen LogP contribution is 2.00. The number of halogens is 1. The van der Waals surface area contributed by atoms with Gasteiger partial charge in [-0.2, -0.15) is 0 Å². The topological polar surface area (TPSA) is 47.0 Å². The van der Waals surface area contributed by atoms with Gasteiger partial charge < -0.3 is 4.79 Å². The molecule has 0 amide bonds. The number of hydrogen-bond acceptors (Lipinski definition) is 3. The van der Waals surface area contributed by atoms with Crippen LogP contribution in [0.3, 0.4) is 0 Å². The summed E-state index contributed by atoms with van der Waals surface area (Å²) >= 11 is 0. The molecule has 0 aliphatic heterocycles. The molecule has 1 heterocycles. The summed E-state index contributed by atoms with van der Waals surface area (Å²) in [6.45, 7) is 0. The summed E-state index contributed by atoms with van der Waals surface area (Å²) in [6, 6.07) is 2.38. The molecule has 1 aromatic rings. The van der Waals surface area contributed by atoms with E-state index in [2.05, 4.69) is 4.98 Å². The summed E-state index contributed by atoms with van der Waals surface area (Å²) in [5, 5.41) is 0. The van der Waals surface area contributed by atoms with Gasteiger partial charge in [0.15, 0.2) is 5.78 Å². The minimum absolute atomic E-state index is 0.114. The zero-order valence-electron chi connectivity index (χ0n) is 6.16. The Labute approximate surface area is 68.2 Å². The Balaban J connectivity index is 2.82. The van der Waals surface area contributed by atoms with E-state index in [1.54, 1.807) is 0 Å². The Morgan fingerprint density at radius 3 is 2.83 bits per heavy atom. The summed E-state index contributed by atoms with van der Waals surface area (Å²) in [7, 11) is 0. The van der Waals surface area contributed by atoms with E-state index in [9.17, 15) is 14.0 Å². The third-order valence-electron chi connectivity index (χ3n) is 1.28. The van der Waals surface area contributed by atoms with Crippen molar-refractivity contribution in [2.24, 2.45) is 0 Å². The first-order chi connectivity index (χ1) is 5.74. The molecule has 0 saturated carbocycles. The molecule has 0 unspecified atom stereocenters. The third kappa shape index (κ3) is 1.95. The zero-order valence-corrected chi connectivity index (χ0v) is 6.16. The lowest BCUT2D eigenvalue weighted by Gasteiger charge is -1.93. The normalized spacial score (nSPS) is 9.42. The smallest absolute Gasteiger partial charge is 0.188 e. The van der Waals surface area contributed by atoms with Crippen molar-refractivity contribution in [3.63, 3.8) is 0 Å². The van der Waals surface area contributed by atoms with E-state index in [1.165, 1.54) is 6.07 Å². The van der Waals surface area contributed by atoms with Gasteiger partial charge in [-0.05, 0) is 12.1 Å². The molecule has 3 nitrogen and oxygen atoms in total. The van der Waals surface area contributed by atoms with Crippen molar-refractivity contribution in [2.45, 2.75) is 6.42 Å². The highest BCUT2D eigenvalue weighted by molar-refractivity contribution is 6.01. The van der Waals surface area contributed by atoms with Crippen LogP contribution in [-0.2, 0) is 4.79 Å². The molecule has 0 bridgehead atoms. The molecule has 4 heteroatoms. The molecule has 0 fully saturated rings. The molecule has 0 aliphatic carbocycles. The Morgan fingerprint density at radius 1 is 1.58 bits per heavy atom. The predicted octanol–water partition coefficient (Wildman–Crippen LogP) is 0.992. The summed E-state index contributed by atoms with van der Waals surface area (Å²) in [4.78, 5) is 24.4. The Morgan fingerprint density at radius 2 is 2.33 bits per heavy atom. The molecular weight excluding hydrogens is 161 g/mol. The van der Waals surface area contributed by atoms with Gasteiger partial charge in [0.1, 0.15) is 17.8 Å². The fraction of sp³-hybridized carbons (Fsp3) is 0.125. The van der Waals surface area contributed by atoms with Crippen molar-refractivity contribution in [3.05, 3.63) is 29.8 Å². The Kier molecular flexibility index (Phi) is 2.63. The van der Waals surface area contributed by atoms with Gasteiger partial charge in [0.2, 0.25) is 0 Å². The molecule has 0 radical (unpaired) electrons. The number of aldehydes is 1. The van der Waals surface area contributed by atoms with Crippen LogP contribution in [0.4, 0.5) is 4.39 Å². The predicted molar refractivity (Wildman–Crippen MR) is 39.2 cm³/mol. The molecule has 0 atom stereocenters. The zero-order chi connectivity index (χ0) is 8.97. The summed E-state index contributed by atoms with van der Waals surface area (Å²) in [6.07, 6.45) is 1.23. The van der Waals surface area contributed by atoms with Crippen molar-refractivity contribution in [3.8, 4) is 0 Å². The number of carbonyl (C=O) groups is 2. The summed E-state index contributed by atoms with van der Waals surface area (Å²) in [5.41, 5.74) is 0.114. The number of nitrogens with zero attached hydrogens (tertiary/aromatic N) is 1. The molecule has 1 rings (SSSR count). The Bertz CT molecular complexity index is 294. The lowest BCUT2D eigenvalue weighted by molar-refractivity contribution is -0.107. The molecule has 12 heavy (non-hydrogen) atoms. The maximum absolute atomic E-state index is 12.3. The van der Waals surface area contributed by atoms with Crippen LogP contribution in [0.2, 0.25) is 0 Å². The Hall–Kier alpha value is -1.58. The largest absolute Gasteiger partial charge is 0.303 e. The van der Waals surface area contributed by atoms with Gasteiger partial charge >= 0.3 is 0 Å². The average Bonchev–Trinajstić information content (AvgIpc) is 2.06. The molecule has 0 aliphatic rings. The first kappa shape index (κ1) is 8.52. The lowest BCUT2D eigenvalue weighted by Crippen LogP contribution is -2.02. The van der Waals surface area contributed by atoms with E-state index < -0.39 is 11.6 Å². The first-order valence-corrected chi connectivity index (χ1v) is 3.32. The van der Waals surface area contributed by atoms with E-state index in [0.29, 0.717) is 6.29 Å². The summed E-state index contributed by atoms with van der Waals surface area (Å²) in [5.74, 6) is -0.900.